The minimum absolute atomic E-state index is 0.521. The second-order valence-electron chi connectivity index (χ2n) is 5.07. The van der Waals surface area contributed by atoms with E-state index in [0.717, 1.165) is 6.54 Å². The number of aromatic nitrogens is 2. The van der Waals surface area contributed by atoms with Gasteiger partial charge in [-0.25, -0.2) is 4.98 Å². The Bertz CT molecular complexity index is 330. The van der Waals surface area contributed by atoms with Crippen molar-refractivity contribution < 1.29 is 0 Å². The van der Waals surface area contributed by atoms with Crippen LogP contribution in [0.4, 0.5) is 0 Å². The van der Waals surface area contributed by atoms with E-state index in [1.807, 2.05) is 6.20 Å². The second-order valence-corrected chi connectivity index (χ2v) is 5.07. The van der Waals surface area contributed by atoms with Crippen LogP contribution in [0.25, 0.3) is 0 Å². The summed E-state index contributed by atoms with van der Waals surface area (Å²) in [6.45, 7) is 7.70. The van der Waals surface area contributed by atoms with Crippen LogP contribution in [0, 0.1) is 0 Å². The van der Waals surface area contributed by atoms with E-state index in [2.05, 4.69) is 41.8 Å². The molecule has 1 fully saturated rings. The monoisotopic (exact) mass is 221 g/mol. The van der Waals surface area contributed by atoms with E-state index in [9.17, 15) is 0 Å². The lowest BCUT2D eigenvalue weighted by Crippen LogP contribution is -2.26. The van der Waals surface area contributed by atoms with Crippen LogP contribution < -0.4 is 5.32 Å². The van der Waals surface area contributed by atoms with Gasteiger partial charge in [-0.15, -0.1) is 0 Å². The first kappa shape index (κ1) is 11.6. The van der Waals surface area contributed by atoms with E-state index in [-0.39, 0.29) is 0 Å². The fourth-order valence-corrected chi connectivity index (χ4v) is 2.76. The van der Waals surface area contributed by atoms with Gasteiger partial charge in [-0.3, -0.25) is 0 Å². The Kier molecular flexibility index (Phi) is 3.64. The van der Waals surface area contributed by atoms with Gasteiger partial charge in [-0.1, -0.05) is 20.8 Å². The number of imidazole rings is 1. The summed E-state index contributed by atoms with van der Waals surface area (Å²) in [5, 5.41) is 3.55. The average molecular weight is 221 g/mol. The van der Waals surface area contributed by atoms with Crippen LogP contribution in [0.15, 0.2) is 12.4 Å². The lowest BCUT2D eigenvalue weighted by molar-refractivity contribution is 0.461. The van der Waals surface area contributed by atoms with Gasteiger partial charge in [-0.05, 0) is 25.8 Å². The van der Waals surface area contributed by atoms with Crippen molar-refractivity contribution in [3.05, 3.63) is 18.2 Å². The van der Waals surface area contributed by atoms with Crippen molar-refractivity contribution in [1.82, 2.24) is 14.9 Å². The summed E-state index contributed by atoms with van der Waals surface area (Å²) in [6, 6.07) is 1.36. The van der Waals surface area contributed by atoms with E-state index < -0.39 is 0 Å². The Balaban J connectivity index is 2.05. The molecule has 0 radical (unpaired) electrons. The Labute approximate surface area is 98.3 Å². The number of hydrogen-bond donors (Lipinski definition) is 1. The molecule has 1 aliphatic carbocycles. The van der Waals surface area contributed by atoms with Crippen LogP contribution in [-0.4, -0.2) is 22.1 Å². The topological polar surface area (TPSA) is 29.9 Å². The molecule has 0 spiro atoms. The molecule has 1 N–H and O–H groups in total. The fraction of sp³-hybridized carbons (Fsp3) is 0.769. The van der Waals surface area contributed by atoms with Gasteiger partial charge >= 0.3 is 0 Å². The van der Waals surface area contributed by atoms with Crippen LogP contribution >= 0.6 is 0 Å². The Morgan fingerprint density at radius 2 is 2.31 bits per heavy atom. The SMILES string of the molecule is CCNC1CCC(n2ccnc2C(C)C)C1. The van der Waals surface area contributed by atoms with Crippen molar-refractivity contribution in [2.75, 3.05) is 6.54 Å². The third kappa shape index (κ3) is 2.29. The molecule has 3 nitrogen and oxygen atoms in total. The summed E-state index contributed by atoms with van der Waals surface area (Å²) in [5.41, 5.74) is 0. The van der Waals surface area contributed by atoms with Gasteiger partial charge in [0.15, 0.2) is 0 Å². The number of rotatable bonds is 4. The average Bonchev–Trinajstić information content (AvgIpc) is 2.83. The molecular weight excluding hydrogens is 198 g/mol. The van der Waals surface area contributed by atoms with Gasteiger partial charge in [0, 0.05) is 30.4 Å². The summed E-state index contributed by atoms with van der Waals surface area (Å²) in [4.78, 5) is 4.47. The maximum absolute atomic E-state index is 4.47. The molecule has 2 unspecified atom stereocenters. The van der Waals surface area contributed by atoms with Gasteiger partial charge in [0.25, 0.3) is 0 Å². The molecule has 1 aromatic rings. The number of nitrogens with one attached hydrogen (secondary N) is 1. The molecule has 1 aromatic heterocycles. The standard InChI is InChI=1S/C13H23N3/c1-4-14-11-5-6-12(9-11)16-8-7-15-13(16)10(2)3/h7-8,10-12,14H,4-6,9H2,1-3H3. The van der Waals surface area contributed by atoms with Gasteiger partial charge < -0.3 is 9.88 Å². The molecule has 2 rings (SSSR count). The van der Waals surface area contributed by atoms with Gasteiger partial charge in [0.1, 0.15) is 5.82 Å². The summed E-state index contributed by atoms with van der Waals surface area (Å²) in [6.07, 6.45) is 7.93. The first-order chi connectivity index (χ1) is 7.72. The molecule has 0 aliphatic heterocycles. The van der Waals surface area contributed by atoms with Crippen molar-refractivity contribution in [2.24, 2.45) is 0 Å². The van der Waals surface area contributed by atoms with Crippen LogP contribution in [0.2, 0.25) is 0 Å². The Morgan fingerprint density at radius 1 is 1.50 bits per heavy atom. The lowest BCUT2D eigenvalue weighted by Gasteiger charge is -2.17. The van der Waals surface area contributed by atoms with Gasteiger partial charge in [0.05, 0.1) is 0 Å². The molecule has 3 heteroatoms. The number of hydrogen-bond acceptors (Lipinski definition) is 2. The molecular formula is C13H23N3. The molecule has 16 heavy (non-hydrogen) atoms. The maximum Gasteiger partial charge on any atom is 0.111 e. The summed E-state index contributed by atoms with van der Waals surface area (Å²) >= 11 is 0. The largest absolute Gasteiger partial charge is 0.332 e. The first-order valence-corrected chi connectivity index (χ1v) is 6.48. The molecule has 90 valence electrons. The molecule has 1 saturated carbocycles. The maximum atomic E-state index is 4.47. The highest BCUT2D eigenvalue weighted by molar-refractivity contribution is 5.02. The predicted molar refractivity (Wildman–Crippen MR) is 66.7 cm³/mol. The molecule has 0 saturated heterocycles. The highest BCUT2D eigenvalue weighted by Crippen LogP contribution is 2.32. The summed E-state index contributed by atoms with van der Waals surface area (Å²) < 4.78 is 2.39. The Morgan fingerprint density at radius 3 is 3.00 bits per heavy atom. The number of nitrogens with zero attached hydrogens (tertiary/aromatic N) is 2. The van der Waals surface area contributed by atoms with Crippen LogP contribution in [-0.2, 0) is 0 Å². The fourth-order valence-electron chi connectivity index (χ4n) is 2.76. The van der Waals surface area contributed by atoms with E-state index in [1.54, 1.807) is 0 Å². The summed E-state index contributed by atoms with van der Waals surface area (Å²) in [5.74, 6) is 1.76. The zero-order chi connectivity index (χ0) is 11.5. The van der Waals surface area contributed by atoms with E-state index in [0.29, 0.717) is 18.0 Å². The molecule has 1 aliphatic rings. The minimum atomic E-state index is 0.521. The highest BCUT2D eigenvalue weighted by atomic mass is 15.1. The van der Waals surface area contributed by atoms with Crippen LogP contribution in [0.1, 0.15) is 57.8 Å². The molecule has 0 amide bonds. The zero-order valence-electron chi connectivity index (χ0n) is 10.6. The Hall–Kier alpha value is -0.830. The lowest BCUT2D eigenvalue weighted by atomic mass is 10.1. The van der Waals surface area contributed by atoms with Crippen molar-refractivity contribution in [3.8, 4) is 0 Å². The zero-order valence-corrected chi connectivity index (χ0v) is 10.6. The van der Waals surface area contributed by atoms with E-state index in [4.69, 9.17) is 0 Å². The van der Waals surface area contributed by atoms with Crippen molar-refractivity contribution >= 4 is 0 Å². The van der Waals surface area contributed by atoms with Gasteiger partial charge in [0.2, 0.25) is 0 Å². The predicted octanol–water partition coefficient (Wildman–Crippen LogP) is 2.71. The molecule has 2 atom stereocenters. The van der Waals surface area contributed by atoms with Crippen molar-refractivity contribution in [3.63, 3.8) is 0 Å². The van der Waals surface area contributed by atoms with E-state index >= 15 is 0 Å². The first-order valence-electron chi connectivity index (χ1n) is 6.48. The normalized spacial score (nSPS) is 25.5. The van der Waals surface area contributed by atoms with Crippen LogP contribution in [0.5, 0.6) is 0 Å². The quantitative estimate of drug-likeness (QED) is 0.847. The van der Waals surface area contributed by atoms with Crippen LogP contribution in [0.3, 0.4) is 0 Å². The third-order valence-corrected chi connectivity index (χ3v) is 3.51. The van der Waals surface area contributed by atoms with E-state index in [1.165, 1.54) is 25.1 Å². The smallest absolute Gasteiger partial charge is 0.111 e. The van der Waals surface area contributed by atoms with Crippen molar-refractivity contribution in [1.29, 1.82) is 0 Å². The van der Waals surface area contributed by atoms with Gasteiger partial charge in [-0.2, -0.15) is 0 Å². The molecule has 0 aromatic carbocycles. The third-order valence-electron chi connectivity index (χ3n) is 3.51. The highest BCUT2D eigenvalue weighted by Gasteiger charge is 2.26. The minimum Gasteiger partial charge on any atom is -0.332 e. The molecule has 1 heterocycles. The molecule has 0 bridgehead atoms. The second kappa shape index (κ2) is 5.00. The summed E-state index contributed by atoms with van der Waals surface area (Å²) in [7, 11) is 0. The van der Waals surface area contributed by atoms with Crippen molar-refractivity contribution in [2.45, 2.75) is 58.0 Å².